The third-order valence-electron chi connectivity index (χ3n) is 4.91. The fourth-order valence-electron chi connectivity index (χ4n) is 3.37. The second kappa shape index (κ2) is 10.7. The number of carbonyl (C=O) groups excluding carboxylic acids is 2. The third kappa shape index (κ3) is 7.01. The molecular weight excluding hydrogens is 402 g/mol. The molecule has 6 heteroatoms. The third-order valence-corrected chi connectivity index (χ3v) is 4.91. The predicted octanol–water partition coefficient (Wildman–Crippen LogP) is 4.78. The van der Waals surface area contributed by atoms with Gasteiger partial charge in [-0.15, -0.1) is 0 Å². The van der Waals surface area contributed by atoms with E-state index in [4.69, 9.17) is 4.74 Å². The fourth-order valence-corrected chi connectivity index (χ4v) is 3.37. The summed E-state index contributed by atoms with van der Waals surface area (Å²) < 4.78 is 5.28. The molecule has 1 heterocycles. The van der Waals surface area contributed by atoms with Crippen molar-refractivity contribution in [3.05, 3.63) is 78.0 Å². The monoisotopic (exact) mass is 433 g/mol. The summed E-state index contributed by atoms with van der Waals surface area (Å²) >= 11 is 0. The molecule has 0 aliphatic carbocycles. The Morgan fingerprint density at radius 2 is 1.75 bits per heavy atom. The van der Waals surface area contributed by atoms with Crippen LogP contribution in [0.2, 0.25) is 0 Å². The van der Waals surface area contributed by atoms with Crippen molar-refractivity contribution < 1.29 is 14.3 Å². The molecule has 0 fully saturated rings. The maximum absolute atomic E-state index is 12.9. The summed E-state index contributed by atoms with van der Waals surface area (Å²) in [7, 11) is 0. The molecule has 0 bridgehead atoms. The molecule has 1 aromatic heterocycles. The molecule has 0 unspecified atom stereocenters. The minimum absolute atomic E-state index is 0.0975. The van der Waals surface area contributed by atoms with Crippen LogP contribution in [0.25, 0.3) is 17.0 Å². The van der Waals surface area contributed by atoms with Crippen LogP contribution in [0.3, 0.4) is 0 Å². The SMILES string of the molecule is CC(C)(C)OC(=O)NCCN(CCc1c[nH]c2ccccc12)C(=O)/C=C/c1ccccc1. The van der Waals surface area contributed by atoms with Gasteiger partial charge in [0, 0.05) is 42.8 Å². The summed E-state index contributed by atoms with van der Waals surface area (Å²) in [5.74, 6) is -0.0975. The summed E-state index contributed by atoms with van der Waals surface area (Å²) in [6.07, 6.45) is 5.61. The number of hydrogen-bond donors (Lipinski definition) is 2. The lowest BCUT2D eigenvalue weighted by Crippen LogP contribution is -2.40. The van der Waals surface area contributed by atoms with Gasteiger partial charge < -0.3 is 19.9 Å². The molecule has 32 heavy (non-hydrogen) atoms. The lowest BCUT2D eigenvalue weighted by molar-refractivity contribution is -0.125. The Morgan fingerprint density at radius 3 is 2.50 bits per heavy atom. The van der Waals surface area contributed by atoms with Gasteiger partial charge in [0.2, 0.25) is 5.91 Å². The highest BCUT2D eigenvalue weighted by molar-refractivity contribution is 5.92. The fraction of sp³-hybridized carbons (Fsp3) is 0.308. The van der Waals surface area contributed by atoms with E-state index in [0.29, 0.717) is 26.1 Å². The van der Waals surface area contributed by atoms with Crippen molar-refractivity contribution in [2.45, 2.75) is 32.8 Å². The van der Waals surface area contributed by atoms with Crippen molar-refractivity contribution in [3.63, 3.8) is 0 Å². The van der Waals surface area contributed by atoms with Crippen molar-refractivity contribution in [1.29, 1.82) is 0 Å². The first-order valence-electron chi connectivity index (χ1n) is 10.9. The average molecular weight is 434 g/mol. The number of benzene rings is 2. The van der Waals surface area contributed by atoms with Gasteiger partial charge in [-0.2, -0.15) is 0 Å². The summed E-state index contributed by atoms with van der Waals surface area (Å²) in [5, 5.41) is 3.89. The molecule has 0 saturated heterocycles. The first-order chi connectivity index (χ1) is 15.3. The Kier molecular flexibility index (Phi) is 7.71. The zero-order chi connectivity index (χ0) is 23.0. The van der Waals surface area contributed by atoms with Gasteiger partial charge >= 0.3 is 6.09 Å². The van der Waals surface area contributed by atoms with Crippen molar-refractivity contribution in [1.82, 2.24) is 15.2 Å². The largest absolute Gasteiger partial charge is 0.444 e. The Hall–Kier alpha value is -3.54. The molecule has 0 aliphatic rings. The summed E-state index contributed by atoms with van der Waals surface area (Å²) in [4.78, 5) is 29.9. The van der Waals surface area contributed by atoms with Gasteiger partial charge in [-0.05, 0) is 50.5 Å². The highest BCUT2D eigenvalue weighted by Gasteiger charge is 2.17. The number of aromatic amines is 1. The quantitative estimate of drug-likeness (QED) is 0.502. The molecule has 0 spiro atoms. The number of carbonyl (C=O) groups is 2. The van der Waals surface area contributed by atoms with Crippen LogP contribution in [0.15, 0.2) is 66.9 Å². The Morgan fingerprint density at radius 1 is 1.03 bits per heavy atom. The van der Waals surface area contributed by atoms with E-state index >= 15 is 0 Å². The van der Waals surface area contributed by atoms with E-state index < -0.39 is 11.7 Å². The van der Waals surface area contributed by atoms with Crippen LogP contribution in [0.1, 0.15) is 31.9 Å². The van der Waals surface area contributed by atoms with Gasteiger partial charge in [-0.25, -0.2) is 4.79 Å². The summed E-state index contributed by atoms with van der Waals surface area (Å²) in [6, 6.07) is 17.8. The minimum Gasteiger partial charge on any atom is -0.444 e. The number of nitrogens with one attached hydrogen (secondary N) is 2. The number of H-pyrrole nitrogens is 1. The molecule has 3 aromatic rings. The predicted molar refractivity (Wildman–Crippen MR) is 128 cm³/mol. The first-order valence-corrected chi connectivity index (χ1v) is 10.9. The van der Waals surface area contributed by atoms with E-state index in [2.05, 4.69) is 16.4 Å². The maximum Gasteiger partial charge on any atom is 0.407 e. The molecule has 2 amide bonds. The molecule has 2 aromatic carbocycles. The molecule has 0 aliphatic heterocycles. The summed E-state index contributed by atoms with van der Waals surface area (Å²) in [5.41, 5.74) is 2.64. The molecule has 0 saturated carbocycles. The number of alkyl carbamates (subject to hydrolysis) is 1. The molecule has 6 nitrogen and oxygen atoms in total. The number of nitrogens with zero attached hydrogens (tertiary/aromatic N) is 1. The van der Waals surface area contributed by atoms with E-state index in [-0.39, 0.29) is 5.91 Å². The number of ether oxygens (including phenoxy) is 1. The van der Waals surface area contributed by atoms with Crippen molar-refractivity contribution >= 4 is 29.0 Å². The molecule has 0 atom stereocenters. The average Bonchev–Trinajstić information content (AvgIpc) is 3.17. The van der Waals surface area contributed by atoms with E-state index in [1.807, 2.05) is 81.6 Å². The van der Waals surface area contributed by atoms with Gasteiger partial charge in [0.25, 0.3) is 0 Å². The Balaban J connectivity index is 1.64. The van der Waals surface area contributed by atoms with Gasteiger partial charge in [0.15, 0.2) is 0 Å². The molecule has 0 radical (unpaired) electrons. The lowest BCUT2D eigenvalue weighted by Gasteiger charge is -2.23. The van der Waals surface area contributed by atoms with E-state index in [1.165, 1.54) is 0 Å². The molecule has 168 valence electrons. The highest BCUT2D eigenvalue weighted by atomic mass is 16.6. The first kappa shape index (κ1) is 23.1. The van der Waals surface area contributed by atoms with Gasteiger partial charge in [-0.3, -0.25) is 4.79 Å². The lowest BCUT2D eigenvalue weighted by atomic mass is 10.1. The van der Waals surface area contributed by atoms with Crippen LogP contribution in [-0.4, -0.2) is 47.1 Å². The Bertz CT molecular complexity index is 1060. The summed E-state index contributed by atoms with van der Waals surface area (Å²) in [6.45, 7) is 6.69. The second-order valence-corrected chi connectivity index (χ2v) is 8.61. The number of rotatable bonds is 8. The van der Waals surface area contributed by atoms with Gasteiger partial charge in [-0.1, -0.05) is 48.5 Å². The topological polar surface area (TPSA) is 74.4 Å². The zero-order valence-electron chi connectivity index (χ0n) is 18.9. The van der Waals surface area contributed by atoms with Crippen LogP contribution in [-0.2, 0) is 16.0 Å². The standard InChI is InChI=1S/C26H31N3O3/c1-26(2,3)32-25(31)27-16-18-29(24(30)14-13-20-9-5-4-6-10-20)17-15-21-19-28-23-12-8-7-11-22(21)23/h4-14,19,28H,15-18H2,1-3H3,(H,27,31)/b14-13+. The van der Waals surface area contributed by atoms with Crippen molar-refractivity contribution in [2.24, 2.45) is 0 Å². The maximum atomic E-state index is 12.9. The number of hydrogen-bond acceptors (Lipinski definition) is 3. The number of para-hydroxylation sites is 1. The smallest absolute Gasteiger partial charge is 0.407 e. The van der Waals surface area contributed by atoms with Crippen LogP contribution < -0.4 is 5.32 Å². The van der Waals surface area contributed by atoms with E-state index in [9.17, 15) is 9.59 Å². The number of fused-ring (bicyclic) bond motifs is 1. The minimum atomic E-state index is -0.562. The zero-order valence-corrected chi connectivity index (χ0v) is 18.9. The number of amides is 2. The van der Waals surface area contributed by atoms with E-state index in [1.54, 1.807) is 11.0 Å². The molecular formula is C26H31N3O3. The van der Waals surface area contributed by atoms with Crippen LogP contribution in [0, 0.1) is 0 Å². The van der Waals surface area contributed by atoms with E-state index in [0.717, 1.165) is 22.0 Å². The molecule has 3 rings (SSSR count). The highest BCUT2D eigenvalue weighted by Crippen LogP contribution is 2.18. The van der Waals surface area contributed by atoms with Gasteiger partial charge in [0.1, 0.15) is 5.60 Å². The normalized spacial score (nSPS) is 11.6. The van der Waals surface area contributed by atoms with Crippen molar-refractivity contribution in [3.8, 4) is 0 Å². The second-order valence-electron chi connectivity index (χ2n) is 8.61. The van der Waals surface area contributed by atoms with Gasteiger partial charge in [0.05, 0.1) is 0 Å². The van der Waals surface area contributed by atoms with Crippen LogP contribution in [0.5, 0.6) is 0 Å². The number of aromatic nitrogens is 1. The molecule has 2 N–H and O–H groups in total. The van der Waals surface area contributed by atoms with Crippen LogP contribution >= 0.6 is 0 Å². The van der Waals surface area contributed by atoms with Crippen molar-refractivity contribution in [2.75, 3.05) is 19.6 Å². The Labute approximate surface area is 189 Å². The van der Waals surface area contributed by atoms with Crippen LogP contribution in [0.4, 0.5) is 4.79 Å².